The first-order valence-corrected chi connectivity index (χ1v) is 16.0. The SMILES string of the molecule is CCC(CC(CC)OP(=O)(c1ccccc1)c1ccccc1)OP(=O)(c1ccccc1)c1ccccc1. The maximum Gasteiger partial charge on any atom is 0.261 e. The highest BCUT2D eigenvalue weighted by Gasteiger charge is 2.35. The van der Waals surface area contributed by atoms with Crippen LogP contribution in [0.4, 0.5) is 0 Å². The molecule has 0 aliphatic carbocycles. The van der Waals surface area contributed by atoms with E-state index in [1.807, 2.05) is 135 Å². The van der Waals surface area contributed by atoms with Gasteiger partial charge in [-0.05, 0) is 61.4 Å². The Morgan fingerprint density at radius 3 is 0.946 bits per heavy atom. The van der Waals surface area contributed by atoms with E-state index in [4.69, 9.17) is 9.05 Å². The topological polar surface area (TPSA) is 52.6 Å². The van der Waals surface area contributed by atoms with E-state index >= 15 is 0 Å². The van der Waals surface area contributed by atoms with Crippen molar-refractivity contribution in [2.75, 3.05) is 0 Å². The summed E-state index contributed by atoms with van der Waals surface area (Å²) in [5.41, 5.74) is 0. The van der Waals surface area contributed by atoms with Gasteiger partial charge in [-0.25, -0.2) is 0 Å². The number of benzene rings is 4. The standard InChI is InChI=1S/C31H34O4P2/c1-3-26(34-36(32,28-17-9-5-10-18-28)29-19-11-6-12-20-29)25-27(4-2)35-37(33,30-21-13-7-14-22-30)31-23-15-8-16-24-31/h5-24,26-27H,3-4,25H2,1-2H3. The molecular weight excluding hydrogens is 498 g/mol. The molecule has 0 N–H and O–H groups in total. The van der Waals surface area contributed by atoms with Gasteiger partial charge < -0.3 is 9.05 Å². The van der Waals surface area contributed by atoms with Crippen molar-refractivity contribution in [3.8, 4) is 0 Å². The molecule has 0 saturated heterocycles. The van der Waals surface area contributed by atoms with Crippen LogP contribution in [-0.4, -0.2) is 12.2 Å². The van der Waals surface area contributed by atoms with E-state index in [0.717, 1.165) is 0 Å². The molecule has 0 saturated carbocycles. The second kappa shape index (κ2) is 12.7. The summed E-state index contributed by atoms with van der Waals surface area (Å²) in [5, 5.41) is 2.64. The van der Waals surface area contributed by atoms with E-state index < -0.39 is 14.7 Å². The quantitative estimate of drug-likeness (QED) is 0.188. The maximum atomic E-state index is 14.5. The second-order valence-corrected chi connectivity index (χ2v) is 13.6. The van der Waals surface area contributed by atoms with Gasteiger partial charge in [0.05, 0.1) is 12.2 Å². The fourth-order valence-corrected chi connectivity index (χ4v) is 8.97. The smallest absolute Gasteiger partial charge is 0.261 e. The molecule has 0 spiro atoms. The van der Waals surface area contributed by atoms with Crippen LogP contribution in [0.2, 0.25) is 0 Å². The number of rotatable bonds is 12. The minimum atomic E-state index is -3.36. The van der Waals surface area contributed by atoms with Gasteiger partial charge in [-0.15, -0.1) is 0 Å². The van der Waals surface area contributed by atoms with Gasteiger partial charge in [0, 0.05) is 27.6 Å². The monoisotopic (exact) mass is 532 g/mol. The first-order valence-electron chi connectivity index (χ1n) is 12.8. The first-order chi connectivity index (χ1) is 18.0. The molecular formula is C31H34O4P2. The van der Waals surface area contributed by atoms with Crippen LogP contribution in [0.1, 0.15) is 33.1 Å². The molecule has 0 radical (unpaired) electrons. The van der Waals surface area contributed by atoms with E-state index in [-0.39, 0.29) is 12.2 Å². The summed E-state index contributed by atoms with van der Waals surface area (Å²) in [4.78, 5) is 0. The zero-order chi connectivity index (χ0) is 26.1. The van der Waals surface area contributed by atoms with Gasteiger partial charge in [0.2, 0.25) is 0 Å². The van der Waals surface area contributed by atoms with Crippen molar-refractivity contribution in [3.05, 3.63) is 121 Å². The molecule has 2 atom stereocenters. The van der Waals surface area contributed by atoms with Crippen molar-refractivity contribution in [3.63, 3.8) is 0 Å². The molecule has 4 nitrogen and oxygen atoms in total. The van der Waals surface area contributed by atoms with Gasteiger partial charge in [0.15, 0.2) is 0 Å². The normalized spacial score (nSPS) is 13.7. The van der Waals surface area contributed by atoms with Crippen molar-refractivity contribution < 1.29 is 18.2 Å². The molecule has 37 heavy (non-hydrogen) atoms. The van der Waals surface area contributed by atoms with E-state index in [1.54, 1.807) is 0 Å². The Labute approximate surface area is 220 Å². The van der Waals surface area contributed by atoms with Gasteiger partial charge in [-0.2, -0.15) is 0 Å². The lowest BCUT2D eigenvalue weighted by Crippen LogP contribution is -2.28. The maximum absolute atomic E-state index is 14.5. The molecule has 0 fully saturated rings. The van der Waals surface area contributed by atoms with Crippen LogP contribution < -0.4 is 21.2 Å². The Morgan fingerprint density at radius 2 is 0.730 bits per heavy atom. The Morgan fingerprint density at radius 1 is 0.486 bits per heavy atom. The van der Waals surface area contributed by atoms with E-state index in [9.17, 15) is 9.13 Å². The molecule has 4 aromatic carbocycles. The second-order valence-electron chi connectivity index (χ2n) is 8.95. The third kappa shape index (κ3) is 6.40. The molecule has 4 aromatic rings. The Balaban J connectivity index is 1.63. The summed E-state index contributed by atoms with van der Waals surface area (Å²) in [6.45, 7) is 4.04. The zero-order valence-electron chi connectivity index (χ0n) is 21.4. The van der Waals surface area contributed by atoms with Crippen molar-refractivity contribution in [1.29, 1.82) is 0 Å². The van der Waals surface area contributed by atoms with Gasteiger partial charge >= 0.3 is 0 Å². The van der Waals surface area contributed by atoms with Crippen LogP contribution in [0.25, 0.3) is 0 Å². The minimum absolute atomic E-state index is 0.351. The molecule has 0 heterocycles. The zero-order valence-corrected chi connectivity index (χ0v) is 23.1. The molecule has 192 valence electrons. The Kier molecular flexibility index (Phi) is 9.35. The lowest BCUT2D eigenvalue weighted by atomic mass is 10.1. The lowest BCUT2D eigenvalue weighted by molar-refractivity contribution is 0.115. The van der Waals surface area contributed by atoms with Gasteiger partial charge in [0.25, 0.3) is 14.7 Å². The predicted molar refractivity (Wildman–Crippen MR) is 154 cm³/mol. The lowest BCUT2D eigenvalue weighted by Gasteiger charge is -2.30. The summed E-state index contributed by atoms with van der Waals surface area (Å²) in [6.07, 6.45) is 1.06. The van der Waals surface area contributed by atoms with Crippen molar-refractivity contribution in [1.82, 2.24) is 0 Å². The summed E-state index contributed by atoms with van der Waals surface area (Å²) < 4.78 is 41.9. The molecule has 0 amide bonds. The Hall–Kier alpha value is -2.74. The third-order valence-electron chi connectivity index (χ3n) is 6.42. The van der Waals surface area contributed by atoms with E-state index in [0.29, 0.717) is 40.5 Å². The summed E-state index contributed by atoms with van der Waals surface area (Å²) in [7, 11) is -6.71. The minimum Gasteiger partial charge on any atom is -0.319 e. The van der Waals surface area contributed by atoms with Crippen LogP contribution in [0.5, 0.6) is 0 Å². The molecule has 0 bridgehead atoms. The largest absolute Gasteiger partial charge is 0.319 e. The van der Waals surface area contributed by atoms with Crippen LogP contribution in [0.3, 0.4) is 0 Å². The van der Waals surface area contributed by atoms with Gasteiger partial charge in [-0.3, -0.25) is 9.13 Å². The van der Waals surface area contributed by atoms with Crippen LogP contribution in [0, 0.1) is 0 Å². The third-order valence-corrected chi connectivity index (χ3v) is 11.5. The van der Waals surface area contributed by atoms with Crippen molar-refractivity contribution >= 4 is 36.0 Å². The summed E-state index contributed by atoms with van der Waals surface area (Å²) in [6, 6.07) is 37.5. The average Bonchev–Trinajstić information content (AvgIpc) is 2.98. The van der Waals surface area contributed by atoms with Gasteiger partial charge in [0.1, 0.15) is 0 Å². The van der Waals surface area contributed by atoms with E-state index in [1.165, 1.54) is 0 Å². The molecule has 0 aliphatic heterocycles. The van der Waals surface area contributed by atoms with Crippen molar-refractivity contribution in [2.24, 2.45) is 0 Å². The molecule has 0 aliphatic rings. The molecule has 6 heteroatoms. The molecule has 0 aromatic heterocycles. The highest BCUT2D eigenvalue weighted by atomic mass is 31.2. The highest BCUT2D eigenvalue weighted by molar-refractivity contribution is 7.74. The van der Waals surface area contributed by atoms with Gasteiger partial charge in [-0.1, -0.05) is 86.6 Å². The van der Waals surface area contributed by atoms with Crippen LogP contribution in [-0.2, 0) is 18.2 Å². The highest BCUT2D eigenvalue weighted by Crippen LogP contribution is 2.49. The summed E-state index contributed by atoms with van der Waals surface area (Å²) >= 11 is 0. The Bertz CT molecular complexity index is 1140. The van der Waals surface area contributed by atoms with E-state index in [2.05, 4.69) is 0 Å². The number of hydrogen-bond donors (Lipinski definition) is 0. The van der Waals surface area contributed by atoms with Crippen molar-refractivity contribution in [2.45, 2.75) is 45.3 Å². The first kappa shape index (κ1) is 27.3. The van der Waals surface area contributed by atoms with Crippen LogP contribution >= 0.6 is 14.7 Å². The fraction of sp³-hybridized carbons (Fsp3) is 0.226. The predicted octanol–water partition coefficient (Wildman–Crippen LogP) is 6.83. The fourth-order valence-electron chi connectivity index (χ4n) is 4.32. The molecule has 4 rings (SSSR count). The van der Waals surface area contributed by atoms with Crippen LogP contribution in [0.15, 0.2) is 121 Å². The summed E-state index contributed by atoms with van der Waals surface area (Å²) in [5.74, 6) is 0. The average molecular weight is 533 g/mol. The molecule has 2 unspecified atom stereocenters. The number of hydrogen-bond acceptors (Lipinski definition) is 4.